The summed E-state index contributed by atoms with van der Waals surface area (Å²) in [6, 6.07) is 5.66. The summed E-state index contributed by atoms with van der Waals surface area (Å²) in [6.07, 6.45) is 8.23. The van der Waals surface area contributed by atoms with Gasteiger partial charge in [0.15, 0.2) is 0 Å². The molecule has 6 heteroatoms. The minimum absolute atomic E-state index is 0.0360. The Labute approximate surface area is 174 Å². The second kappa shape index (κ2) is 6.50. The van der Waals surface area contributed by atoms with Crippen LogP contribution in [-0.2, 0) is 14.4 Å². The predicted molar refractivity (Wildman–Crippen MR) is 107 cm³/mol. The van der Waals surface area contributed by atoms with Gasteiger partial charge in [-0.1, -0.05) is 12.2 Å². The number of likely N-dealkylation sites (tertiary alicyclic amines) is 1. The molecule has 0 spiro atoms. The number of rotatable bonds is 3. The van der Waals surface area contributed by atoms with E-state index in [1.807, 2.05) is 0 Å². The van der Waals surface area contributed by atoms with Crippen molar-refractivity contribution in [3.05, 3.63) is 42.2 Å². The number of nitrogens with one attached hydrogen (secondary N) is 1. The number of anilines is 1. The summed E-state index contributed by atoms with van der Waals surface area (Å²) in [4.78, 5) is 40.7. The van der Waals surface area contributed by atoms with Crippen LogP contribution in [0.15, 0.2) is 36.4 Å². The molecule has 30 heavy (non-hydrogen) atoms. The van der Waals surface area contributed by atoms with Crippen molar-refractivity contribution in [2.24, 2.45) is 41.4 Å². The van der Waals surface area contributed by atoms with Gasteiger partial charge in [-0.15, -0.1) is 0 Å². The first-order valence-corrected chi connectivity index (χ1v) is 11.1. The summed E-state index contributed by atoms with van der Waals surface area (Å²) in [5.41, 5.74) is 0.582. The van der Waals surface area contributed by atoms with Gasteiger partial charge < -0.3 is 5.32 Å². The van der Waals surface area contributed by atoms with Gasteiger partial charge >= 0.3 is 0 Å². The van der Waals surface area contributed by atoms with Gasteiger partial charge in [-0.05, 0) is 80.0 Å². The minimum atomic E-state index is -0.338. The van der Waals surface area contributed by atoms with E-state index in [0.29, 0.717) is 43.2 Å². The van der Waals surface area contributed by atoms with Crippen LogP contribution in [0.1, 0.15) is 32.1 Å². The van der Waals surface area contributed by atoms with Crippen LogP contribution in [0, 0.1) is 47.2 Å². The van der Waals surface area contributed by atoms with E-state index in [4.69, 9.17) is 0 Å². The Morgan fingerprint density at radius 2 is 1.47 bits per heavy atom. The SMILES string of the molecule is O=C(Nc1ccc(F)cc1)C1CCC(N2C(=O)[C@@H]3[C@@H]4C=C[C@H]([C@H]5C[C@H]45)[C@@H]3C2=O)CC1. The van der Waals surface area contributed by atoms with Crippen LogP contribution in [0.4, 0.5) is 10.1 Å². The Morgan fingerprint density at radius 3 is 2.03 bits per heavy atom. The smallest absolute Gasteiger partial charge is 0.233 e. The van der Waals surface area contributed by atoms with E-state index in [2.05, 4.69) is 17.5 Å². The van der Waals surface area contributed by atoms with E-state index in [1.54, 1.807) is 17.0 Å². The van der Waals surface area contributed by atoms with Crippen molar-refractivity contribution in [2.75, 3.05) is 5.32 Å². The van der Waals surface area contributed by atoms with Gasteiger partial charge in [0.25, 0.3) is 0 Å². The number of hydrogen-bond donors (Lipinski definition) is 1. The number of hydrogen-bond acceptors (Lipinski definition) is 3. The van der Waals surface area contributed by atoms with Crippen molar-refractivity contribution in [2.45, 2.75) is 38.1 Å². The van der Waals surface area contributed by atoms with Gasteiger partial charge in [0.05, 0.1) is 11.8 Å². The molecule has 4 fully saturated rings. The van der Waals surface area contributed by atoms with Crippen LogP contribution in [0.2, 0.25) is 0 Å². The highest BCUT2D eigenvalue weighted by atomic mass is 19.1. The van der Waals surface area contributed by atoms with Crippen LogP contribution in [0.3, 0.4) is 0 Å². The molecule has 5 nitrogen and oxygen atoms in total. The first kappa shape index (κ1) is 18.3. The highest BCUT2D eigenvalue weighted by Crippen LogP contribution is 2.65. The minimum Gasteiger partial charge on any atom is -0.326 e. The zero-order valence-electron chi connectivity index (χ0n) is 16.7. The van der Waals surface area contributed by atoms with E-state index in [0.717, 1.165) is 0 Å². The molecule has 1 aromatic rings. The number of benzene rings is 1. The second-order valence-electron chi connectivity index (χ2n) is 9.70. The van der Waals surface area contributed by atoms with E-state index >= 15 is 0 Å². The fourth-order valence-corrected chi connectivity index (χ4v) is 6.71. The lowest BCUT2D eigenvalue weighted by molar-refractivity contribution is -0.144. The van der Waals surface area contributed by atoms with Gasteiger partial charge in [-0.25, -0.2) is 4.39 Å². The van der Waals surface area contributed by atoms with Crippen molar-refractivity contribution in [1.82, 2.24) is 4.90 Å². The van der Waals surface area contributed by atoms with Crippen molar-refractivity contribution >= 4 is 23.4 Å². The number of imide groups is 1. The van der Waals surface area contributed by atoms with E-state index in [1.165, 1.54) is 18.6 Å². The van der Waals surface area contributed by atoms with E-state index in [-0.39, 0.29) is 59.2 Å². The van der Waals surface area contributed by atoms with Crippen molar-refractivity contribution in [3.63, 3.8) is 0 Å². The van der Waals surface area contributed by atoms with Crippen molar-refractivity contribution < 1.29 is 18.8 Å². The summed E-state index contributed by atoms with van der Waals surface area (Å²) in [5.74, 6) is 0.965. The maximum Gasteiger partial charge on any atom is 0.233 e. The summed E-state index contributed by atoms with van der Waals surface area (Å²) < 4.78 is 13.0. The fourth-order valence-electron chi connectivity index (χ4n) is 6.71. The summed E-state index contributed by atoms with van der Waals surface area (Å²) >= 11 is 0. The number of halogens is 1. The van der Waals surface area contributed by atoms with Gasteiger partial charge in [-0.3, -0.25) is 19.3 Å². The standard InChI is InChI=1S/C24H25FN2O3/c25-13-3-5-14(6-4-13)26-22(28)12-1-7-15(8-2-12)27-23(29)20-16-9-10-17(19-11-18(16)19)21(20)24(27)30/h3-6,9-10,12,15-21H,1-2,7-8,11H2,(H,26,28)/t12?,15?,16-,17-,18-,19-,20-,21+/m1/s1. The maximum absolute atomic E-state index is 13.2. The Morgan fingerprint density at radius 1 is 0.900 bits per heavy atom. The highest BCUT2D eigenvalue weighted by molar-refractivity contribution is 6.06. The van der Waals surface area contributed by atoms with Crippen LogP contribution in [0.5, 0.6) is 0 Å². The number of amides is 3. The molecule has 6 atom stereocenters. The molecule has 1 aromatic carbocycles. The molecule has 0 radical (unpaired) electrons. The summed E-state index contributed by atoms with van der Waals surface area (Å²) in [5, 5.41) is 2.85. The molecular formula is C24H25FN2O3. The fraction of sp³-hybridized carbons (Fsp3) is 0.542. The van der Waals surface area contributed by atoms with Crippen LogP contribution in [0.25, 0.3) is 0 Å². The van der Waals surface area contributed by atoms with E-state index < -0.39 is 0 Å². The molecule has 5 aliphatic carbocycles. The molecule has 3 saturated carbocycles. The summed E-state index contributed by atoms with van der Waals surface area (Å²) in [7, 11) is 0. The monoisotopic (exact) mass is 408 g/mol. The molecule has 1 heterocycles. The Bertz CT molecular complexity index is 914. The third-order valence-corrected chi connectivity index (χ3v) is 8.24. The van der Waals surface area contributed by atoms with Gasteiger partial charge in [0.1, 0.15) is 5.82 Å². The number of carbonyl (C=O) groups excluding carboxylic acids is 3. The van der Waals surface area contributed by atoms with Crippen LogP contribution < -0.4 is 5.32 Å². The molecular weight excluding hydrogens is 383 g/mol. The molecule has 2 bridgehead atoms. The molecule has 1 aliphatic heterocycles. The lowest BCUT2D eigenvalue weighted by Gasteiger charge is -2.37. The maximum atomic E-state index is 13.2. The van der Waals surface area contributed by atoms with Crippen molar-refractivity contribution in [1.29, 1.82) is 0 Å². The Kier molecular flexibility index (Phi) is 3.96. The zero-order valence-corrected chi connectivity index (χ0v) is 16.7. The molecule has 1 N–H and O–H groups in total. The van der Waals surface area contributed by atoms with Gasteiger partial charge in [-0.2, -0.15) is 0 Å². The lowest BCUT2D eigenvalue weighted by Crippen LogP contribution is -2.44. The molecule has 0 unspecified atom stereocenters. The largest absolute Gasteiger partial charge is 0.326 e. The van der Waals surface area contributed by atoms with Crippen molar-refractivity contribution in [3.8, 4) is 0 Å². The normalized spacial score (nSPS) is 40.9. The molecule has 7 rings (SSSR count). The Balaban J connectivity index is 1.11. The summed E-state index contributed by atoms with van der Waals surface area (Å²) in [6.45, 7) is 0. The molecule has 156 valence electrons. The second-order valence-corrected chi connectivity index (χ2v) is 9.70. The zero-order chi connectivity index (χ0) is 20.6. The first-order valence-electron chi connectivity index (χ1n) is 11.1. The Hall–Kier alpha value is -2.50. The predicted octanol–water partition coefficient (Wildman–Crippen LogP) is 3.38. The van der Waals surface area contributed by atoms with E-state index in [9.17, 15) is 18.8 Å². The number of carbonyl (C=O) groups is 3. The topological polar surface area (TPSA) is 66.5 Å². The van der Waals surface area contributed by atoms with Crippen LogP contribution in [-0.4, -0.2) is 28.7 Å². The average molecular weight is 408 g/mol. The molecule has 6 aliphatic rings. The van der Waals surface area contributed by atoms with Crippen LogP contribution >= 0.6 is 0 Å². The lowest BCUT2D eigenvalue weighted by atomic mass is 9.63. The average Bonchev–Trinajstić information content (AvgIpc) is 3.53. The van der Waals surface area contributed by atoms with Gasteiger partial charge in [0, 0.05) is 17.6 Å². The quantitative estimate of drug-likeness (QED) is 0.616. The first-order chi connectivity index (χ1) is 14.5. The number of nitrogens with zero attached hydrogens (tertiary/aromatic N) is 1. The van der Waals surface area contributed by atoms with Gasteiger partial charge in [0.2, 0.25) is 17.7 Å². The highest BCUT2D eigenvalue weighted by Gasteiger charge is 2.67. The molecule has 1 saturated heterocycles. The molecule has 0 aromatic heterocycles. The third kappa shape index (κ3) is 2.62. The molecule has 3 amide bonds. The number of allylic oxidation sites excluding steroid dienone is 2. The third-order valence-electron chi connectivity index (χ3n) is 8.24.